The van der Waals surface area contributed by atoms with Gasteiger partial charge in [0.05, 0.1) is 0 Å². The Morgan fingerprint density at radius 2 is 1.80 bits per heavy atom. The Morgan fingerprint density at radius 3 is 2.45 bits per heavy atom. The minimum absolute atomic E-state index is 0.459. The van der Waals surface area contributed by atoms with E-state index in [1.54, 1.807) is 0 Å². The summed E-state index contributed by atoms with van der Waals surface area (Å²) in [5.74, 6) is 2.80. The van der Waals surface area contributed by atoms with Gasteiger partial charge < -0.3 is 10.6 Å². The molecule has 4 heteroatoms. The summed E-state index contributed by atoms with van der Waals surface area (Å²) < 4.78 is 0. The third kappa shape index (κ3) is 6.22. The first-order valence-corrected chi connectivity index (χ1v) is 8.07. The van der Waals surface area contributed by atoms with E-state index in [0.717, 1.165) is 36.8 Å². The normalized spacial score (nSPS) is 12.2. The van der Waals surface area contributed by atoms with Gasteiger partial charge in [-0.05, 0) is 26.7 Å². The molecule has 1 aromatic heterocycles. The fourth-order valence-electron chi connectivity index (χ4n) is 2.20. The van der Waals surface area contributed by atoms with Crippen molar-refractivity contribution in [2.45, 2.75) is 72.3 Å². The number of unbranched alkanes of at least 4 members (excludes halogenated alkanes) is 2. The second kappa shape index (κ2) is 9.56. The van der Waals surface area contributed by atoms with E-state index in [2.05, 4.69) is 48.3 Å². The van der Waals surface area contributed by atoms with Crippen LogP contribution in [0.5, 0.6) is 0 Å². The maximum absolute atomic E-state index is 4.61. The molecule has 0 saturated carbocycles. The molecule has 0 bridgehead atoms. The molecular formula is C16H30N4. The lowest BCUT2D eigenvalue weighted by atomic mass is 10.1. The molecule has 0 aliphatic carbocycles. The summed E-state index contributed by atoms with van der Waals surface area (Å²) in [5, 5.41) is 6.79. The van der Waals surface area contributed by atoms with Gasteiger partial charge in [-0.15, -0.1) is 0 Å². The Labute approximate surface area is 123 Å². The molecule has 0 aliphatic rings. The molecule has 0 spiro atoms. The molecule has 20 heavy (non-hydrogen) atoms. The van der Waals surface area contributed by atoms with Crippen LogP contribution in [0.2, 0.25) is 0 Å². The number of nitrogens with one attached hydrogen (secondary N) is 2. The third-order valence-electron chi connectivity index (χ3n) is 3.24. The smallest absolute Gasteiger partial charge is 0.133 e. The van der Waals surface area contributed by atoms with Crippen molar-refractivity contribution in [1.29, 1.82) is 0 Å². The highest BCUT2D eigenvalue weighted by molar-refractivity contribution is 5.48. The SMILES string of the molecule is CCCCCC(C)Nc1cc(NCC)nc(CCC)n1. The molecule has 1 unspecified atom stereocenters. The van der Waals surface area contributed by atoms with E-state index in [1.165, 1.54) is 25.7 Å². The highest BCUT2D eigenvalue weighted by atomic mass is 15.1. The van der Waals surface area contributed by atoms with Gasteiger partial charge in [-0.3, -0.25) is 0 Å². The third-order valence-corrected chi connectivity index (χ3v) is 3.24. The van der Waals surface area contributed by atoms with Crippen LogP contribution in [0.1, 0.15) is 65.6 Å². The van der Waals surface area contributed by atoms with E-state index in [1.807, 2.05) is 6.07 Å². The standard InChI is InChI=1S/C16H30N4/c1-5-8-9-11-13(4)18-16-12-15(17-7-3)19-14(20-16)10-6-2/h12-13H,5-11H2,1-4H3,(H2,17,18,19,20). The van der Waals surface area contributed by atoms with Crippen molar-refractivity contribution >= 4 is 11.6 Å². The summed E-state index contributed by atoms with van der Waals surface area (Å²) in [6.07, 6.45) is 7.04. The Kier molecular flexibility index (Phi) is 8.00. The Hall–Kier alpha value is -1.32. The summed E-state index contributed by atoms with van der Waals surface area (Å²) >= 11 is 0. The van der Waals surface area contributed by atoms with Crippen LogP contribution < -0.4 is 10.6 Å². The minimum atomic E-state index is 0.459. The molecular weight excluding hydrogens is 248 g/mol. The lowest BCUT2D eigenvalue weighted by Crippen LogP contribution is -2.17. The number of anilines is 2. The van der Waals surface area contributed by atoms with E-state index in [4.69, 9.17) is 0 Å². The molecule has 1 atom stereocenters. The Bertz CT molecular complexity index is 354. The number of nitrogens with zero attached hydrogens (tertiary/aromatic N) is 2. The number of rotatable bonds is 10. The van der Waals surface area contributed by atoms with Crippen molar-refractivity contribution in [2.24, 2.45) is 0 Å². The molecule has 0 saturated heterocycles. The molecule has 114 valence electrons. The topological polar surface area (TPSA) is 49.8 Å². The van der Waals surface area contributed by atoms with Gasteiger partial charge in [0.25, 0.3) is 0 Å². The van der Waals surface area contributed by atoms with Crippen LogP contribution in [-0.2, 0) is 6.42 Å². The number of aryl methyl sites for hydroxylation is 1. The molecule has 2 N–H and O–H groups in total. The average molecular weight is 278 g/mol. The summed E-state index contributed by atoms with van der Waals surface area (Å²) in [6.45, 7) is 9.59. The van der Waals surface area contributed by atoms with Gasteiger partial charge in [0.2, 0.25) is 0 Å². The van der Waals surface area contributed by atoms with Gasteiger partial charge in [0.15, 0.2) is 0 Å². The van der Waals surface area contributed by atoms with Crippen LogP contribution in [-0.4, -0.2) is 22.6 Å². The van der Waals surface area contributed by atoms with Crippen LogP contribution in [0.15, 0.2) is 6.07 Å². The van der Waals surface area contributed by atoms with Crippen molar-refractivity contribution in [3.05, 3.63) is 11.9 Å². The van der Waals surface area contributed by atoms with Crippen LogP contribution >= 0.6 is 0 Å². The summed E-state index contributed by atoms with van der Waals surface area (Å²) in [6, 6.07) is 2.47. The fraction of sp³-hybridized carbons (Fsp3) is 0.750. The van der Waals surface area contributed by atoms with E-state index in [-0.39, 0.29) is 0 Å². The second-order valence-electron chi connectivity index (χ2n) is 5.38. The largest absolute Gasteiger partial charge is 0.370 e. The molecule has 0 amide bonds. The summed E-state index contributed by atoms with van der Waals surface area (Å²) in [4.78, 5) is 9.14. The van der Waals surface area contributed by atoms with Gasteiger partial charge in [-0.1, -0.05) is 33.1 Å². The van der Waals surface area contributed by atoms with Crippen LogP contribution in [0.4, 0.5) is 11.6 Å². The predicted molar refractivity (Wildman–Crippen MR) is 87.4 cm³/mol. The zero-order valence-electron chi connectivity index (χ0n) is 13.5. The lowest BCUT2D eigenvalue weighted by molar-refractivity contribution is 0.613. The van der Waals surface area contributed by atoms with E-state index >= 15 is 0 Å². The molecule has 4 nitrogen and oxygen atoms in total. The molecule has 0 aliphatic heterocycles. The van der Waals surface area contributed by atoms with E-state index < -0.39 is 0 Å². The summed E-state index contributed by atoms with van der Waals surface area (Å²) in [7, 11) is 0. The maximum Gasteiger partial charge on any atom is 0.133 e. The van der Waals surface area contributed by atoms with Crippen LogP contribution in [0.25, 0.3) is 0 Å². The molecule has 0 radical (unpaired) electrons. The van der Waals surface area contributed by atoms with Crippen molar-refractivity contribution in [3.63, 3.8) is 0 Å². The zero-order chi connectivity index (χ0) is 14.8. The van der Waals surface area contributed by atoms with E-state index in [0.29, 0.717) is 6.04 Å². The zero-order valence-corrected chi connectivity index (χ0v) is 13.5. The lowest BCUT2D eigenvalue weighted by Gasteiger charge is -2.16. The second-order valence-corrected chi connectivity index (χ2v) is 5.38. The van der Waals surface area contributed by atoms with Crippen molar-refractivity contribution in [1.82, 2.24) is 9.97 Å². The first kappa shape index (κ1) is 16.7. The highest BCUT2D eigenvalue weighted by Gasteiger charge is 2.07. The van der Waals surface area contributed by atoms with Gasteiger partial charge >= 0.3 is 0 Å². The maximum atomic E-state index is 4.61. The van der Waals surface area contributed by atoms with E-state index in [9.17, 15) is 0 Å². The molecule has 0 fully saturated rings. The number of aromatic nitrogens is 2. The van der Waals surface area contributed by atoms with Crippen molar-refractivity contribution in [3.8, 4) is 0 Å². The van der Waals surface area contributed by atoms with Gasteiger partial charge in [0, 0.05) is 25.1 Å². The number of hydrogen-bond acceptors (Lipinski definition) is 4. The minimum Gasteiger partial charge on any atom is -0.370 e. The highest BCUT2D eigenvalue weighted by Crippen LogP contribution is 2.15. The van der Waals surface area contributed by atoms with Gasteiger partial charge in [-0.2, -0.15) is 0 Å². The van der Waals surface area contributed by atoms with Crippen LogP contribution in [0, 0.1) is 0 Å². The molecule has 1 aromatic rings. The molecule has 1 rings (SSSR count). The van der Waals surface area contributed by atoms with Crippen LogP contribution in [0.3, 0.4) is 0 Å². The first-order chi connectivity index (χ1) is 9.69. The van der Waals surface area contributed by atoms with Gasteiger partial charge in [-0.25, -0.2) is 9.97 Å². The van der Waals surface area contributed by atoms with Crippen molar-refractivity contribution < 1.29 is 0 Å². The average Bonchev–Trinajstić information content (AvgIpc) is 2.39. The number of hydrogen-bond donors (Lipinski definition) is 2. The molecule has 1 heterocycles. The first-order valence-electron chi connectivity index (χ1n) is 8.07. The monoisotopic (exact) mass is 278 g/mol. The van der Waals surface area contributed by atoms with Gasteiger partial charge in [0.1, 0.15) is 17.5 Å². The Morgan fingerprint density at radius 1 is 1.05 bits per heavy atom. The fourth-order valence-corrected chi connectivity index (χ4v) is 2.20. The quantitative estimate of drug-likeness (QED) is 0.628. The Balaban J connectivity index is 2.66. The molecule has 0 aromatic carbocycles. The van der Waals surface area contributed by atoms with Crippen molar-refractivity contribution in [2.75, 3.05) is 17.2 Å². The summed E-state index contributed by atoms with van der Waals surface area (Å²) in [5.41, 5.74) is 0. The predicted octanol–water partition coefficient (Wildman–Crippen LogP) is 4.24.